The van der Waals surface area contributed by atoms with Crippen molar-refractivity contribution >= 4 is 23.5 Å². The number of anilines is 1. The van der Waals surface area contributed by atoms with Crippen LogP contribution in [0.5, 0.6) is 0 Å². The third-order valence-electron chi connectivity index (χ3n) is 4.01. The van der Waals surface area contributed by atoms with Crippen LogP contribution in [0.1, 0.15) is 31.2 Å². The summed E-state index contributed by atoms with van der Waals surface area (Å²) in [5.41, 5.74) is 1.91. The minimum Gasteiger partial charge on any atom is -0.334 e. The van der Waals surface area contributed by atoms with Crippen molar-refractivity contribution in [1.29, 1.82) is 0 Å². The molecule has 0 saturated heterocycles. The SMILES string of the molecule is O=C(NCc1ccccc1)Nc1ccc(SC2CCCC2)cc1. The Morgan fingerprint density at radius 1 is 1.00 bits per heavy atom. The largest absolute Gasteiger partial charge is 0.334 e. The Bertz CT molecular complexity index is 622. The number of benzene rings is 2. The Hall–Kier alpha value is -1.94. The number of hydrogen-bond donors (Lipinski definition) is 2. The highest BCUT2D eigenvalue weighted by Crippen LogP contribution is 2.34. The minimum atomic E-state index is -0.176. The third-order valence-corrected chi connectivity index (χ3v) is 5.36. The van der Waals surface area contributed by atoms with Gasteiger partial charge < -0.3 is 10.6 Å². The van der Waals surface area contributed by atoms with Crippen molar-refractivity contribution in [1.82, 2.24) is 5.32 Å². The van der Waals surface area contributed by atoms with Gasteiger partial charge in [0.15, 0.2) is 0 Å². The maximum absolute atomic E-state index is 11.9. The van der Waals surface area contributed by atoms with Crippen molar-refractivity contribution in [3.63, 3.8) is 0 Å². The first-order valence-corrected chi connectivity index (χ1v) is 9.03. The van der Waals surface area contributed by atoms with Crippen molar-refractivity contribution in [2.24, 2.45) is 0 Å². The number of hydrogen-bond acceptors (Lipinski definition) is 2. The smallest absolute Gasteiger partial charge is 0.319 e. The molecule has 4 heteroatoms. The molecule has 1 saturated carbocycles. The van der Waals surface area contributed by atoms with Crippen LogP contribution < -0.4 is 10.6 Å². The maximum atomic E-state index is 11.9. The molecular weight excluding hydrogens is 304 g/mol. The molecule has 0 aromatic heterocycles. The second kappa shape index (κ2) is 8.06. The lowest BCUT2D eigenvalue weighted by molar-refractivity contribution is 0.251. The van der Waals surface area contributed by atoms with E-state index in [1.165, 1.54) is 30.6 Å². The molecule has 0 radical (unpaired) electrons. The highest BCUT2D eigenvalue weighted by Gasteiger charge is 2.15. The van der Waals surface area contributed by atoms with Crippen molar-refractivity contribution in [3.05, 3.63) is 60.2 Å². The fraction of sp³-hybridized carbons (Fsp3) is 0.316. The highest BCUT2D eigenvalue weighted by atomic mass is 32.2. The molecule has 0 heterocycles. The summed E-state index contributed by atoms with van der Waals surface area (Å²) < 4.78 is 0. The van der Waals surface area contributed by atoms with Gasteiger partial charge >= 0.3 is 6.03 Å². The van der Waals surface area contributed by atoms with Crippen molar-refractivity contribution in [2.75, 3.05) is 5.32 Å². The second-order valence-corrected chi connectivity index (χ2v) is 7.22. The van der Waals surface area contributed by atoms with E-state index in [0.29, 0.717) is 6.54 Å². The van der Waals surface area contributed by atoms with E-state index >= 15 is 0 Å². The van der Waals surface area contributed by atoms with Gasteiger partial charge in [-0.3, -0.25) is 0 Å². The first-order valence-electron chi connectivity index (χ1n) is 8.15. The van der Waals surface area contributed by atoms with Gasteiger partial charge in [0.05, 0.1) is 0 Å². The van der Waals surface area contributed by atoms with Gasteiger partial charge in [-0.25, -0.2) is 4.79 Å². The van der Waals surface area contributed by atoms with Gasteiger partial charge in [0.25, 0.3) is 0 Å². The summed E-state index contributed by atoms with van der Waals surface area (Å²) in [6.45, 7) is 0.530. The standard InChI is InChI=1S/C19H22N2OS/c22-19(20-14-15-6-2-1-3-7-15)21-16-10-12-18(13-11-16)23-17-8-4-5-9-17/h1-3,6-7,10-13,17H,4-5,8-9,14H2,(H2,20,21,22). The number of rotatable bonds is 5. The van der Waals surface area contributed by atoms with Crippen LogP contribution in [0.2, 0.25) is 0 Å². The number of carbonyl (C=O) groups is 1. The zero-order valence-electron chi connectivity index (χ0n) is 13.1. The average molecular weight is 326 g/mol. The van der Waals surface area contributed by atoms with Crippen molar-refractivity contribution < 1.29 is 4.79 Å². The Morgan fingerprint density at radius 3 is 2.39 bits per heavy atom. The van der Waals surface area contributed by atoms with E-state index in [9.17, 15) is 4.79 Å². The molecule has 2 aromatic rings. The van der Waals surface area contributed by atoms with Crippen LogP contribution in [0.3, 0.4) is 0 Å². The molecule has 23 heavy (non-hydrogen) atoms. The summed E-state index contributed by atoms with van der Waals surface area (Å²) in [6.07, 6.45) is 5.37. The fourth-order valence-electron chi connectivity index (χ4n) is 2.77. The molecule has 2 aromatic carbocycles. The van der Waals surface area contributed by atoms with E-state index in [4.69, 9.17) is 0 Å². The van der Waals surface area contributed by atoms with Gasteiger partial charge in [0.1, 0.15) is 0 Å². The molecule has 0 unspecified atom stereocenters. The summed E-state index contributed by atoms with van der Waals surface area (Å²) in [6, 6.07) is 17.8. The van der Waals surface area contributed by atoms with E-state index in [0.717, 1.165) is 16.5 Å². The van der Waals surface area contributed by atoms with Crippen LogP contribution in [0, 0.1) is 0 Å². The molecule has 120 valence electrons. The summed E-state index contributed by atoms with van der Waals surface area (Å²) in [5, 5.41) is 6.51. The van der Waals surface area contributed by atoms with Crippen LogP contribution in [-0.4, -0.2) is 11.3 Å². The van der Waals surface area contributed by atoms with E-state index in [1.807, 2.05) is 54.2 Å². The van der Waals surface area contributed by atoms with Gasteiger partial charge in [-0.2, -0.15) is 0 Å². The second-order valence-electron chi connectivity index (χ2n) is 5.84. The van der Waals surface area contributed by atoms with Crippen LogP contribution in [0.25, 0.3) is 0 Å². The number of amides is 2. The molecule has 2 N–H and O–H groups in total. The van der Waals surface area contributed by atoms with E-state index in [1.54, 1.807) is 0 Å². The third kappa shape index (κ3) is 5.03. The molecule has 3 nitrogen and oxygen atoms in total. The fourth-order valence-corrected chi connectivity index (χ4v) is 4.02. The predicted octanol–water partition coefficient (Wildman–Crippen LogP) is 5.04. The Balaban J connectivity index is 1.46. The van der Waals surface area contributed by atoms with Crippen molar-refractivity contribution in [3.8, 4) is 0 Å². The minimum absolute atomic E-state index is 0.176. The molecule has 2 amide bonds. The highest BCUT2D eigenvalue weighted by molar-refractivity contribution is 8.00. The van der Waals surface area contributed by atoms with Crippen LogP contribution in [0.4, 0.5) is 10.5 Å². The van der Waals surface area contributed by atoms with Gasteiger partial charge in [0.2, 0.25) is 0 Å². The lowest BCUT2D eigenvalue weighted by atomic mass is 10.2. The van der Waals surface area contributed by atoms with Crippen LogP contribution in [-0.2, 0) is 6.54 Å². The maximum Gasteiger partial charge on any atom is 0.319 e. The van der Waals surface area contributed by atoms with Gasteiger partial charge in [-0.15, -0.1) is 11.8 Å². The molecule has 1 fully saturated rings. The monoisotopic (exact) mass is 326 g/mol. The molecule has 1 aliphatic carbocycles. The predicted molar refractivity (Wildman–Crippen MR) is 96.9 cm³/mol. The number of nitrogens with one attached hydrogen (secondary N) is 2. The van der Waals surface area contributed by atoms with Crippen LogP contribution >= 0.6 is 11.8 Å². The summed E-state index contributed by atoms with van der Waals surface area (Å²) in [5.74, 6) is 0. The normalized spacial score (nSPS) is 14.6. The van der Waals surface area contributed by atoms with Gasteiger partial charge in [-0.05, 0) is 42.7 Å². The lowest BCUT2D eigenvalue weighted by Gasteiger charge is -2.10. The molecular formula is C19H22N2OS. The quantitative estimate of drug-likeness (QED) is 0.808. The molecule has 1 aliphatic rings. The zero-order valence-corrected chi connectivity index (χ0v) is 13.9. The topological polar surface area (TPSA) is 41.1 Å². The summed E-state index contributed by atoms with van der Waals surface area (Å²) >= 11 is 1.96. The first-order chi connectivity index (χ1) is 11.3. The van der Waals surface area contributed by atoms with Crippen LogP contribution in [0.15, 0.2) is 59.5 Å². The molecule has 0 aliphatic heterocycles. The van der Waals surface area contributed by atoms with Gasteiger partial charge in [0, 0.05) is 22.4 Å². The first kappa shape index (κ1) is 15.9. The van der Waals surface area contributed by atoms with E-state index < -0.39 is 0 Å². The number of thioether (sulfide) groups is 1. The number of urea groups is 1. The molecule has 0 atom stereocenters. The Kier molecular flexibility index (Phi) is 5.59. The summed E-state index contributed by atoms with van der Waals surface area (Å²) in [4.78, 5) is 13.2. The summed E-state index contributed by atoms with van der Waals surface area (Å²) in [7, 11) is 0. The van der Waals surface area contributed by atoms with E-state index in [2.05, 4.69) is 22.8 Å². The lowest BCUT2D eigenvalue weighted by Crippen LogP contribution is -2.28. The Morgan fingerprint density at radius 2 is 1.70 bits per heavy atom. The Labute approximate surface area is 141 Å². The molecule has 3 rings (SSSR count). The van der Waals surface area contributed by atoms with E-state index in [-0.39, 0.29) is 6.03 Å². The zero-order chi connectivity index (χ0) is 15.9. The molecule has 0 spiro atoms. The van der Waals surface area contributed by atoms with Crippen molar-refractivity contribution in [2.45, 2.75) is 42.4 Å². The van der Waals surface area contributed by atoms with Gasteiger partial charge in [-0.1, -0.05) is 43.2 Å². The number of carbonyl (C=O) groups excluding carboxylic acids is 1. The molecule has 0 bridgehead atoms. The average Bonchev–Trinajstić information content (AvgIpc) is 3.09.